The molecule has 0 aliphatic carbocycles. The highest BCUT2D eigenvalue weighted by Gasteiger charge is 2.15. The molecule has 0 spiro atoms. The molecule has 0 saturated carbocycles. The number of hydrogen-bond acceptors (Lipinski definition) is 4. The number of aliphatic hydroxyl groups excluding tert-OH is 1. The number of aliphatic hydroxyl groups is 1. The molecule has 1 unspecified atom stereocenters. The quantitative estimate of drug-likeness (QED) is 0.821. The van der Waals surface area contributed by atoms with E-state index in [1.165, 1.54) is 7.11 Å². The van der Waals surface area contributed by atoms with E-state index < -0.39 is 12.1 Å². The van der Waals surface area contributed by atoms with Crippen LogP contribution in [-0.4, -0.2) is 29.3 Å². The third kappa shape index (κ3) is 3.08. The number of methoxy groups -OCH3 is 1. The molecular formula is C9H10BrNO3. The number of pyridine rings is 1. The van der Waals surface area contributed by atoms with Crippen molar-refractivity contribution in [3.8, 4) is 0 Å². The van der Waals surface area contributed by atoms with Gasteiger partial charge in [-0.2, -0.15) is 0 Å². The van der Waals surface area contributed by atoms with Gasteiger partial charge in [-0.15, -0.1) is 0 Å². The van der Waals surface area contributed by atoms with E-state index in [2.05, 4.69) is 25.7 Å². The Bertz CT molecular complexity index is 330. The summed E-state index contributed by atoms with van der Waals surface area (Å²) < 4.78 is 5.21. The van der Waals surface area contributed by atoms with Crippen LogP contribution < -0.4 is 0 Å². The molecule has 1 atom stereocenters. The van der Waals surface area contributed by atoms with E-state index in [0.29, 0.717) is 0 Å². The van der Waals surface area contributed by atoms with Gasteiger partial charge in [-0.1, -0.05) is 0 Å². The number of aromatic nitrogens is 1. The van der Waals surface area contributed by atoms with Gasteiger partial charge in [0.1, 0.15) is 0 Å². The lowest BCUT2D eigenvalue weighted by Gasteiger charge is -2.07. The van der Waals surface area contributed by atoms with Crippen LogP contribution in [0.25, 0.3) is 0 Å². The zero-order chi connectivity index (χ0) is 10.6. The number of esters is 1. The maximum absolute atomic E-state index is 10.9. The summed E-state index contributed by atoms with van der Waals surface area (Å²) in [5.74, 6) is -0.634. The van der Waals surface area contributed by atoms with Crippen molar-refractivity contribution in [3.05, 3.63) is 28.5 Å². The van der Waals surface area contributed by atoms with Crippen LogP contribution >= 0.6 is 15.9 Å². The summed E-state index contributed by atoms with van der Waals surface area (Å²) in [6, 6.07) is 1.79. The average molecular weight is 260 g/mol. The lowest BCUT2D eigenvalue weighted by atomic mass is 10.1. The summed E-state index contributed by atoms with van der Waals surface area (Å²) in [5, 5.41) is 9.34. The number of nitrogens with zero attached hydrogens (tertiary/aromatic N) is 1. The third-order valence-corrected chi connectivity index (χ3v) is 2.10. The molecular weight excluding hydrogens is 250 g/mol. The number of carbonyl (C=O) groups is 1. The molecule has 1 aromatic rings. The van der Waals surface area contributed by atoms with Crippen LogP contribution in [0.4, 0.5) is 0 Å². The molecule has 0 aliphatic rings. The predicted molar refractivity (Wildman–Crippen MR) is 53.7 cm³/mol. The largest absolute Gasteiger partial charge is 0.467 e. The SMILES string of the molecule is COC(=O)C(O)Cc1cncc(Br)c1. The van der Waals surface area contributed by atoms with E-state index in [-0.39, 0.29) is 6.42 Å². The number of carbonyl (C=O) groups excluding carboxylic acids is 1. The van der Waals surface area contributed by atoms with E-state index in [1.807, 2.05) is 0 Å². The zero-order valence-electron chi connectivity index (χ0n) is 7.61. The monoisotopic (exact) mass is 259 g/mol. The van der Waals surface area contributed by atoms with E-state index in [9.17, 15) is 9.90 Å². The molecule has 14 heavy (non-hydrogen) atoms. The highest BCUT2D eigenvalue weighted by Crippen LogP contribution is 2.11. The normalized spacial score (nSPS) is 12.2. The summed E-state index contributed by atoms with van der Waals surface area (Å²) in [7, 11) is 1.24. The fraction of sp³-hybridized carbons (Fsp3) is 0.333. The maximum atomic E-state index is 10.9. The molecule has 1 heterocycles. The topological polar surface area (TPSA) is 59.4 Å². The summed E-state index contributed by atoms with van der Waals surface area (Å²) in [5.41, 5.74) is 0.775. The van der Waals surface area contributed by atoms with Crippen molar-refractivity contribution in [1.29, 1.82) is 0 Å². The second kappa shape index (κ2) is 5.07. The van der Waals surface area contributed by atoms with Gasteiger partial charge in [0.25, 0.3) is 0 Å². The van der Waals surface area contributed by atoms with Gasteiger partial charge >= 0.3 is 5.97 Å². The Balaban J connectivity index is 2.64. The van der Waals surface area contributed by atoms with Gasteiger partial charge < -0.3 is 9.84 Å². The highest BCUT2D eigenvalue weighted by atomic mass is 79.9. The number of hydrogen-bond donors (Lipinski definition) is 1. The standard InChI is InChI=1S/C9H10BrNO3/c1-14-9(13)8(12)3-6-2-7(10)5-11-4-6/h2,4-5,8,12H,3H2,1H3. The first-order valence-electron chi connectivity index (χ1n) is 3.99. The Hall–Kier alpha value is -0.940. The van der Waals surface area contributed by atoms with Gasteiger partial charge in [0, 0.05) is 23.3 Å². The average Bonchev–Trinajstić information content (AvgIpc) is 2.16. The van der Waals surface area contributed by atoms with E-state index in [1.54, 1.807) is 18.5 Å². The van der Waals surface area contributed by atoms with Crippen LogP contribution in [0.5, 0.6) is 0 Å². The molecule has 0 saturated heterocycles. The molecule has 4 nitrogen and oxygen atoms in total. The van der Waals surface area contributed by atoms with Crippen molar-refractivity contribution < 1.29 is 14.6 Å². The smallest absolute Gasteiger partial charge is 0.335 e. The van der Waals surface area contributed by atoms with Crippen molar-refractivity contribution in [1.82, 2.24) is 4.98 Å². The molecule has 1 aromatic heterocycles. The fourth-order valence-electron chi connectivity index (χ4n) is 1.01. The summed E-state index contributed by atoms with van der Waals surface area (Å²) >= 11 is 3.25. The van der Waals surface area contributed by atoms with Crippen molar-refractivity contribution >= 4 is 21.9 Å². The Kier molecular flexibility index (Phi) is 4.03. The Morgan fingerprint density at radius 3 is 3.00 bits per heavy atom. The second-order valence-corrected chi connectivity index (χ2v) is 3.67. The van der Waals surface area contributed by atoms with Gasteiger partial charge in [-0.25, -0.2) is 4.79 Å². The first-order chi connectivity index (χ1) is 6.63. The van der Waals surface area contributed by atoms with Gasteiger partial charge in [0.05, 0.1) is 7.11 Å². The lowest BCUT2D eigenvalue weighted by Crippen LogP contribution is -2.24. The van der Waals surface area contributed by atoms with Gasteiger partial charge in [-0.05, 0) is 27.6 Å². The minimum absolute atomic E-state index is 0.207. The Morgan fingerprint density at radius 1 is 1.71 bits per heavy atom. The molecule has 1 N–H and O–H groups in total. The predicted octanol–water partition coefficient (Wildman–Crippen LogP) is 0.920. The number of halogens is 1. The minimum Gasteiger partial charge on any atom is -0.467 e. The molecule has 0 aliphatic heterocycles. The highest BCUT2D eigenvalue weighted by molar-refractivity contribution is 9.10. The van der Waals surface area contributed by atoms with Gasteiger partial charge in [0.15, 0.2) is 6.10 Å². The molecule has 0 amide bonds. The molecule has 5 heteroatoms. The van der Waals surface area contributed by atoms with Gasteiger partial charge in [-0.3, -0.25) is 4.98 Å². The van der Waals surface area contributed by atoms with Crippen LogP contribution in [0.3, 0.4) is 0 Å². The molecule has 76 valence electrons. The molecule has 0 fully saturated rings. The third-order valence-electron chi connectivity index (χ3n) is 1.66. The Morgan fingerprint density at radius 2 is 2.43 bits per heavy atom. The van der Waals surface area contributed by atoms with Crippen molar-refractivity contribution in [2.45, 2.75) is 12.5 Å². The van der Waals surface area contributed by atoms with Crippen LogP contribution in [0.15, 0.2) is 22.9 Å². The van der Waals surface area contributed by atoms with Crippen molar-refractivity contribution in [2.75, 3.05) is 7.11 Å². The summed E-state index contributed by atoms with van der Waals surface area (Å²) in [6.07, 6.45) is 2.31. The van der Waals surface area contributed by atoms with Crippen molar-refractivity contribution in [2.24, 2.45) is 0 Å². The summed E-state index contributed by atoms with van der Waals surface area (Å²) in [6.45, 7) is 0. The Labute approximate surface area is 90.0 Å². The van der Waals surface area contributed by atoms with Gasteiger partial charge in [0.2, 0.25) is 0 Å². The zero-order valence-corrected chi connectivity index (χ0v) is 9.19. The van der Waals surface area contributed by atoms with Crippen LogP contribution in [0.2, 0.25) is 0 Å². The van der Waals surface area contributed by atoms with E-state index in [0.717, 1.165) is 10.0 Å². The van der Waals surface area contributed by atoms with Crippen LogP contribution in [0.1, 0.15) is 5.56 Å². The molecule has 0 aromatic carbocycles. The first kappa shape index (κ1) is 11.1. The van der Waals surface area contributed by atoms with E-state index in [4.69, 9.17) is 0 Å². The lowest BCUT2D eigenvalue weighted by molar-refractivity contribution is -0.150. The van der Waals surface area contributed by atoms with E-state index >= 15 is 0 Å². The summed E-state index contributed by atoms with van der Waals surface area (Å²) in [4.78, 5) is 14.8. The molecule has 0 radical (unpaired) electrons. The van der Waals surface area contributed by atoms with Crippen LogP contribution in [0, 0.1) is 0 Å². The number of ether oxygens (including phenoxy) is 1. The van der Waals surface area contributed by atoms with Crippen molar-refractivity contribution in [3.63, 3.8) is 0 Å². The number of rotatable bonds is 3. The first-order valence-corrected chi connectivity index (χ1v) is 4.78. The molecule has 0 bridgehead atoms. The fourth-order valence-corrected chi connectivity index (χ4v) is 1.42. The molecule has 1 rings (SSSR count). The van der Waals surface area contributed by atoms with Crippen LogP contribution in [-0.2, 0) is 16.0 Å². The minimum atomic E-state index is -1.13. The second-order valence-electron chi connectivity index (χ2n) is 2.75. The maximum Gasteiger partial charge on any atom is 0.335 e.